The van der Waals surface area contributed by atoms with Gasteiger partial charge < -0.3 is 15.1 Å². The zero-order chi connectivity index (χ0) is 26.0. The molecule has 0 atom stereocenters. The van der Waals surface area contributed by atoms with Crippen LogP contribution in [0.25, 0.3) is 0 Å². The maximum absolute atomic E-state index is 9.91. The molecule has 5 rings (SSSR count). The number of phenolic OH excluding ortho intramolecular Hbond substituents is 2. The molecule has 0 unspecified atom stereocenters. The van der Waals surface area contributed by atoms with Crippen molar-refractivity contribution in [3.05, 3.63) is 149 Å². The standard InChI is InChI=1S/C34H31NO2/c1-24-7-15-29(16-8-24)35(31-6-4-5-25(2)23-31)30-17-9-26(10-18-30)34(3,27-11-19-32(36)20-12-27)28-13-21-33(37)22-14-28/h4-23,36-37H,1-3H3. The Kier molecular flexibility index (Phi) is 6.45. The van der Waals surface area contributed by atoms with E-state index in [1.807, 2.05) is 24.3 Å². The summed E-state index contributed by atoms with van der Waals surface area (Å²) in [5.74, 6) is 0.470. The van der Waals surface area contributed by atoms with Gasteiger partial charge in [0.05, 0.1) is 0 Å². The Hall–Kier alpha value is -4.50. The second-order valence-electron chi connectivity index (χ2n) is 9.78. The SMILES string of the molecule is Cc1ccc(N(c2ccc(C(C)(c3ccc(O)cc3)c3ccc(O)cc3)cc2)c2cccc(C)c2)cc1. The van der Waals surface area contributed by atoms with Gasteiger partial charge in [-0.25, -0.2) is 0 Å². The van der Waals surface area contributed by atoms with Crippen molar-refractivity contribution in [2.75, 3.05) is 4.90 Å². The lowest BCUT2D eigenvalue weighted by molar-refractivity contribution is 0.474. The van der Waals surface area contributed by atoms with E-state index in [1.54, 1.807) is 24.3 Å². The number of aryl methyl sites for hydroxylation is 2. The first kappa shape index (κ1) is 24.2. The molecule has 0 aliphatic rings. The first-order valence-corrected chi connectivity index (χ1v) is 12.5. The smallest absolute Gasteiger partial charge is 0.115 e. The van der Waals surface area contributed by atoms with Gasteiger partial charge in [-0.2, -0.15) is 0 Å². The molecule has 184 valence electrons. The van der Waals surface area contributed by atoms with E-state index in [1.165, 1.54) is 11.1 Å². The highest BCUT2D eigenvalue weighted by Crippen LogP contribution is 2.42. The van der Waals surface area contributed by atoms with Gasteiger partial charge in [-0.1, -0.05) is 66.2 Å². The van der Waals surface area contributed by atoms with Crippen LogP contribution in [0.15, 0.2) is 121 Å². The predicted octanol–water partition coefficient (Wildman–Crippen LogP) is 8.54. The highest BCUT2D eigenvalue weighted by molar-refractivity contribution is 5.77. The van der Waals surface area contributed by atoms with Gasteiger partial charge in [-0.05, 0) is 104 Å². The molecule has 0 spiro atoms. The van der Waals surface area contributed by atoms with Crippen molar-refractivity contribution in [1.29, 1.82) is 0 Å². The molecule has 3 nitrogen and oxygen atoms in total. The lowest BCUT2D eigenvalue weighted by atomic mass is 9.71. The topological polar surface area (TPSA) is 43.7 Å². The summed E-state index contributed by atoms with van der Waals surface area (Å²) in [6.07, 6.45) is 0. The van der Waals surface area contributed by atoms with E-state index in [0.29, 0.717) is 0 Å². The lowest BCUT2D eigenvalue weighted by Crippen LogP contribution is -2.25. The van der Waals surface area contributed by atoms with Crippen molar-refractivity contribution in [3.8, 4) is 11.5 Å². The number of aromatic hydroxyl groups is 2. The van der Waals surface area contributed by atoms with Crippen LogP contribution < -0.4 is 4.90 Å². The van der Waals surface area contributed by atoms with Crippen LogP contribution in [0.5, 0.6) is 11.5 Å². The molecule has 0 aromatic heterocycles. The maximum Gasteiger partial charge on any atom is 0.115 e. The van der Waals surface area contributed by atoms with E-state index in [2.05, 4.69) is 98.5 Å². The average Bonchev–Trinajstić information content (AvgIpc) is 2.91. The van der Waals surface area contributed by atoms with Gasteiger partial charge in [-0.15, -0.1) is 0 Å². The highest BCUT2D eigenvalue weighted by Gasteiger charge is 2.31. The molecule has 0 amide bonds. The fourth-order valence-corrected chi connectivity index (χ4v) is 4.94. The van der Waals surface area contributed by atoms with E-state index < -0.39 is 5.41 Å². The normalized spacial score (nSPS) is 11.3. The summed E-state index contributed by atoms with van der Waals surface area (Å²) in [5.41, 5.74) is 8.44. The monoisotopic (exact) mass is 485 g/mol. The minimum Gasteiger partial charge on any atom is -0.508 e. The quantitative estimate of drug-likeness (QED) is 0.237. The number of hydrogen-bond donors (Lipinski definition) is 2. The van der Waals surface area contributed by atoms with Gasteiger partial charge in [0.2, 0.25) is 0 Å². The van der Waals surface area contributed by atoms with E-state index in [0.717, 1.165) is 33.8 Å². The van der Waals surface area contributed by atoms with Crippen LogP contribution in [-0.4, -0.2) is 10.2 Å². The third-order valence-electron chi connectivity index (χ3n) is 7.14. The summed E-state index contributed by atoms with van der Waals surface area (Å²) >= 11 is 0. The molecule has 0 fully saturated rings. The average molecular weight is 486 g/mol. The van der Waals surface area contributed by atoms with Crippen molar-refractivity contribution in [2.45, 2.75) is 26.2 Å². The van der Waals surface area contributed by atoms with Crippen molar-refractivity contribution in [3.63, 3.8) is 0 Å². The second kappa shape index (κ2) is 9.87. The van der Waals surface area contributed by atoms with Crippen LogP contribution in [0.2, 0.25) is 0 Å². The molecule has 5 aromatic rings. The van der Waals surface area contributed by atoms with Gasteiger partial charge in [0.1, 0.15) is 11.5 Å². The van der Waals surface area contributed by atoms with Gasteiger partial charge in [-0.3, -0.25) is 0 Å². The zero-order valence-electron chi connectivity index (χ0n) is 21.4. The summed E-state index contributed by atoms with van der Waals surface area (Å²) < 4.78 is 0. The molecule has 3 heteroatoms. The summed E-state index contributed by atoms with van der Waals surface area (Å²) in [6, 6.07) is 40.5. The van der Waals surface area contributed by atoms with Crippen LogP contribution >= 0.6 is 0 Å². The Balaban J connectivity index is 1.63. The van der Waals surface area contributed by atoms with E-state index in [-0.39, 0.29) is 11.5 Å². The molecule has 37 heavy (non-hydrogen) atoms. The van der Waals surface area contributed by atoms with Crippen molar-refractivity contribution in [1.82, 2.24) is 0 Å². The summed E-state index contributed by atoms with van der Waals surface area (Å²) in [5, 5.41) is 19.8. The van der Waals surface area contributed by atoms with Gasteiger partial charge >= 0.3 is 0 Å². The minimum absolute atomic E-state index is 0.235. The van der Waals surface area contributed by atoms with Crippen molar-refractivity contribution >= 4 is 17.1 Å². The first-order chi connectivity index (χ1) is 17.8. The van der Waals surface area contributed by atoms with E-state index >= 15 is 0 Å². The molecule has 0 bridgehead atoms. The number of benzene rings is 5. The lowest BCUT2D eigenvalue weighted by Gasteiger charge is -2.33. The van der Waals surface area contributed by atoms with Crippen molar-refractivity contribution in [2.24, 2.45) is 0 Å². The van der Waals surface area contributed by atoms with E-state index in [9.17, 15) is 10.2 Å². The van der Waals surface area contributed by atoms with Crippen LogP contribution in [0.3, 0.4) is 0 Å². The molecular formula is C34H31NO2. The number of nitrogens with zero attached hydrogens (tertiary/aromatic N) is 1. The van der Waals surface area contributed by atoms with Crippen LogP contribution in [-0.2, 0) is 5.41 Å². The Bertz CT molecular complexity index is 1440. The Morgan fingerprint density at radius 1 is 0.486 bits per heavy atom. The summed E-state index contributed by atoms with van der Waals surface area (Å²) in [7, 11) is 0. The van der Waals surface area contributed by atoms with Gasteiger partial charge in [0.15, 0.2) is 0 Å². The van der Waals surface area contributed by atoms with E-state index in [4.69, 9.17) is 0 Å². The summed E-state index contributed by atoms with van der Waals surface area (Å²) in [4.78, 5) is 2.27. The second-order valence-corrected chi connectivity index (χ2v) is 9.78. The summed E-state index contributed by atoms with van der Waals surface area (Å²) in [6.45, 7) is 6.39. The van der Waals surface area contributed by atoms with Crippen molar-refractivity contribution < 1.29 is 10.2 Å². The fraction of sp³-hybridized carbons (Fsp3) is 0.118. The minimum atomic E-state index is -0.488. The molecule has 0 heterocycles. The molecule has 0 saturated heterocycles. The van der Waals surface area contributed by atoms with Crippen LogP contribution in [0, 0.1) is 13.8 Å². The number of phenols is 2. The van der Waals surface area contributed by atoms with Crippen LogP contribution in [0.4, 0.5) is 17.1 Å². The Labute approximate surface area is 218 Å². The fourth-order valence-electron chi connectivity index (χ4n) is 4.94. The molecule has 0 aliphatic carbocycles. The first-order valence-electron chi connectivity index (χ1n) is 12.5. The molecule has 0 radical (unpaired) electrons. The highest BCUT2D eigenvalue weighted by atomic mass is 16.3. The third kappa shape index (κ3) is 4.81. The number of anilines is 3. The molecule has 5 aromatic carbocycles. The molecule has 0 saturated carbocycles. The van der Waals surface area contributed by atoms with Gasteiger partial charge in [0.25, 0.3) is 0 Å². The Morgan fingerprint density at radius 2 is 0.919 bits per heavy atom. The predicted molar refractivity (Wildman–Crippen MR) is 152 cm³/mol. The molecular weight excluding hydrogens is 454 g/mol. The Morgan fingerprint density at radius 3 is 1.38 bits per heavy atom. The van der Waals surface area contributed by atoms with Crippen LogP contribution in [0.1, 0.15) is 34.7 Å². The van der Waals surface area contributed by atoms with Gasteiger partial charge in [0, 0.05) is 22.5 Å². The third-order valence-corrected chi connectivity index (χ3v) is 7.14. The molecule has 2 N–H and O–H groups in total. The zero-order valence-corrected chi connectivity index (χ0v) is 21.4. The largest absolute Gasteiger partial charge is 0.508 e. The molecule has 0 aliphatic heterocycles. The number of hydrogen-bond acceptors (Lipinski definition) is 3. The number of rotatable bonds is 6. The maximum atomic E-state index is 9.91.